The maximum Gasteiger partial charge on any atom is 0.225 e. The molecule has 0 saturated carbocycles. The number of piperidine rings is 1. The first kappa shape index (κ1) is 15.0. The third kappa shape index (κ3) is 3.44. The van der Waals surface area contributed by atoms with Crippen molar-refractivity contribution in [3.05, 3.63) is 41.0 Å². The largest absolute Gasteiger partial charge is 0.355 e. The van der Waals surface area contributed by atoms with Gasteiger partial charge in [0.15, 0.2) is 0 Å². The summed E-state index contributed by atoms with van der Waals surface area (Å²) in [6.45, 7) is 3.68. The molecule has 22 heavy (non-hydrogen) atoms. The number of amides is 1. The summed E-state index contributed by atoms with van der Waals surface area (Å²) in [5.41, 5.74) is 0. The van der Waals surface area contributed by atoms with Crippen LogP contribution in [0.4, 0.5) is 5.82 Å². The van der Waals surface area contributed by atoms with Crippen LogP contribution in [0.3, 0.4) is 0 Å². The fraction of sp³-hybridized carbons (Fsp3) is 0.438. The maximum atomic E-state index is 12.5. The number of carbonyl (C=O) groups excluding carboxylic acids is 1. The molecule has 2 atom stereocenters. The normalized spacial score (nSPS) is 19.7. The number of carbonyl (C=O) groups is 1. The quantitative estimate of drug-likeness (QED) is 0.942. The maximum absolute atomic E-state index is 12.5. The minimum absolute atomic E-state index is 0.0122. The Morgan fingerprint density at radius 1 is 1.50 bits per heavy atom. The molecule has 0 aliphatic carbocycles. The van der Waals surface area contributed by atoms with Gasteiger partial charge in [0.1, 0.15) is 5.82 Å². The molecule has 0 bridgehead atoms. The molecule has 0 aromatic carbocycles. The Kier molecular flexibility index (Phi) is 4.68. The topological polar surface area (TPSA) is 58.1 Å². The molecule has 2 aromatic rings. The molecule has 0 radical (unpaired) electrons. The Balaban J connectivity index is 1.61. The van der Waals surface area contributed by atoms with E-state index in [0.717, 1.165) is 25.2 Å². The Morgan fingerprint density at radius 3 is 3.14 bits per heavy atom. The number of hydrogen-bond acceptors (Lipinski definition) is 5. The average Bonchev–Trinajstić information content (AvgIpc) is 3.10. The van der Waals surface area contributed by atoms with Gasteiger partial charge in [-0.25, -0.2) is 4.98 Å². The van der Waals surface area contributed by atoms with E-state index in [0.29, 0.717) is 6.54 Å². The summed E-state index contributed by atoms with van der Waals surface area (Å²) < 4.78 is 0. The first-order chi connectivity index (χ1) is 10.7. The van der Waals surface area contributed by atoms with E-state index >= 15 is 0 Å². The smallest absolute Gasteiger partial charge is 0.225 e. The molecule has 1 fully saturated rings. The van der Waals surface area contributed by atoms with Crippen LogP contribution in [0.2, 0.25) is 0 Å². The second kappa shape index (κ2) is 6.87. The molecule has 3 heterocycles. The highest BCUT2D eigenvalue weighted by Gasteiger charge is 2.27. The van der Waals surface area contributed by atoms with E-state index < -0.39 is 0 Å². The SMILES string of the molecule is C[C@H](NC(=O)[C@@H]1CCCN(c2cnccn2)C1)c1cccs1. The zero-order valence-electron chi connectivity index (χ0n) is 12.6. The van der Waals surface area contributed by atoms with Crippen molar-refractivity contribution < 1.29 is 4.79 Å². The molecule has 0 unspecified atom stereocenters. The van der Waals surface area contributed by atoms with Crippen molar-refractivity contribution in [3.8, 4) is 0 Å². The van der Waals surface area contributed by atoms with Gasteiger partial charge in [0.05, 0.1) is 18.2 Å². The Bertz CT molecular complexity index is 602. The van der Waals surface area contributed by atoms with Crippen molar-refractivity contribution in [1.29, 1.82) is 0 Å². The van der Waals surface area contributed by atoms with Gasteiger partial charge in [-0.1, -0.05) is 6.07 Å². The van der Waals surface area contributed by atoms with Gasteiger partial charge in [-0.3, -0.25) is 9.78 Å². The van der Waals surface area contributed by atoms with Gasteiger partial charge in [0.2, 0.25) is 5.91 Å². The number of thiophene rings is 1. The fourth-order valence-electron chi connectivity index (χ4n) is 2.79. The summed E-state index contributed by atoms with van der Waals surface area (Å²) in [5.74, 6) is 0.999. The third-order valence-corrected chi connectivity index (χ3v) is 5.05. The van der Waals surface area contributed by atoms with Gasteiger partial charge in [0, 0.05) is 30.4 Å². The number of nitrogens with zero attached hydrogens (tertiary/aromatic N) is 3. The second-order valence-corrected chi connectivity index (χ2v) is 6.57. The van der Waals surface area contributed by atoms with Gasteiger partial charge in [-0.2, -0.15) is 0 Å². The Labute approximate surface area is 134 Å². The number of nitrogens with one attached hydrogen (secondary N) is 1. The van der Waals surface area contributed by atoms with E-state index in [4.69, 9.17) is 0 Å². The summed E-state index contributed by atoms with van der Waals surface area (Å²) in [6, 6.07) is 4.14. The number of aromatic nitrogens is 2. The molecule has 1 aliphatic heterocycles. The predicted molar refractivity (Wildman–Crippen MR) is 87.8 cm³/mol. The van der Waals surface area contributed by atoms with Crippen LogP contribution in [0.25, 0.3) is 0 Å². The van der Waals surface area contributed by atoms with Crippen molar-refractivity contribution in [1.82, 2.24) is 15.3 Å². The lowest BCUT2D eigenvalue weighted by Crippen LogP contribution is -2.43. The number of rotatable bonds is 4. The lowest BCUT2D eigenvalue weighted by molar-refractivity contribution is -0.125. The first-order valence-corrected chi connectivity index (χ1v) is 8.47. The molecule has 1 aliphatic rings. The molecule has 5 nitrogen and oxygen atoms in total. The fourth-order valence-corrected chi connectivity index (χ4v) is 3.53. The lowest BCUT2D eigenvalue weighted by atomic mass is 9.97. The van der Waals surface area contributed by atoms with Crippen LogP contribution < -0.4 is 10.2 Å². The highest BCUT2D eigenvalue weighted by Crippen LogP contribution is 2.23. The van der Waals surface area contributed by atoms with Crippen molar-refractivity contribution in [2.75, 3.05) is 18.0 Å². The number of anilines is 1. The molecule has 116 valence electrons. The van der Waals surface area contributed by atoms with E-state index in [1.54, 1.807) is 29.9 Å². The lowest BCUT2D eigenvalue weighted by Gasteiger charge is -2.33. The number of hydrogen-bond donors (Lipinski definition) is 1. The highest BCUT2D eigenvalue weighted by atomic mass is 32.1. The van der Waals surface area contributed by atoms with Gasteiger partial charge >= 0.3 is 0 Å². The van der Waals surface area contributed by atoms with E-state index in [2.05, 4.69) is 26.3 Å². The van der Waals surface area contributed by atoms with Crippen molar-refractivity contribution >= 4 is 23.1 Å². The minimum Gasteiger partial charge on any atom is -0.355 e. The van der Waals surface area contributed by atoms with Crippen LogP contribution in [0, 0.1) is 5.92 Å². The van der Waals surface area contributed by atoms with E-state index in [1.165, 1.54) is 4.88 Å². The summed E-state index contributed by atoms with van der Waals surface area (Å²) >= 11 is 1.67. The Morgan fingerprint density at radius 2 is 2.41 bits per heavy atom. The van der Waals surface area contributed by atoms with Gasteiger partial charge < -0.3 is 10.2 Å². The van der Waals surface area contributed by atoms with Crippen LogP contribution in [0.15, 0.2) is 36.1 Å². The van der Waals surface area contributed by atoms with Gasteiger partial charge in [-0.15, -0.1) is 11.3 Å². The predicted octanol–water partition coefficient (Wildman–Crippen LogP) is 2.63. The molecular weight excluding hydrogens is 296 g/mol. The summed E-state index contributed by atoms with van der Waals surface area (Å²) in [5, 5.41) is 5.17. The van der Waals surface area contributed by atoms with E-state index in [9.17, 15) is 4.79 Å². The zero-order valence-corrected chi connectivity index (χ0v) is 13.4. The zero-order chi connectivity index (χ0) is 15.4. The van der Waals surface area contributed by atoms with Crippen molar-refractivity contribution in [2.24, 2.45) is 5.92 Å². The van der Waals surface area contributed by atoms with Crippen molar-refractivity contribution in [3.63, 3.8) is 0 Å². The molecular formula is C16H20N4OS. The Hall–Kier alpha value is -1.95. The molecule has 1 N–H and O–H groups in total. The summed E-state index contributed by atoms with van der Waals surface area (Å²) in [4.78, 5) is 24.3. The van der Waals surface area contributed by atoms with Gasteiger partial charge in [-0.05, 0) is 31.2 Å². The highest BCUT2D eigenvalue weighted by molar-refractivity contribution is 7.10. The van der Waals surface area contributed by atoms with E-state index in [1.807, 2.05) is 18.4 Å². The first-order valence-electron chi connectivity index (χ1n) is 7.59. The van der Waals surface area contributed by atoms with Crippen LogP contribution in [0.1, 0.15) is 30.7 Å². The van der Waals surface area contributed by atoms with Crippen LogP contribution in [-0.4, -0.2) is 29.0 Å². The third-order valence-electron chi connectivity index (χ3n) is 3.99. The van der Waals surface area contributed by atoms with Crippen LogP contribution in [-0.2, 0) is 4.79 Å². The molecule has 3 rings (SSSR count). The average molecular weight is 316 g/mol. The molecule has 1 amide bonds. The van der Waals surface area contributed by atoms with Crippen molar-refractivity contribution in [2.45, 2.75) is 25.8 Å². The summed E-state index contributed by atoms with van der Waals surface area (Å²) in [6.07, 6.45) is 7.05. The van der Waals surface area contributed by atoms with Crippen LogP contribution in [0.5, 0.6) is 0 Å². The minimum atomic E-state index is 0.0122. The standard InChI is InChI=1S/C16H20N4OS/c1-12(14-5-3-9-22-14)19-16(21)13-4-2-8-20(11-13)15-10-17-6-7-18-15/h3,5-7,9-10,12-13H,2,4,8,11H2,1H3,(H,19,21)/t12-,13+/m0/s1. The molecule has 0 spiro atoms. The summed E-state index contributed by atoms with van der Waals surface area (Å²) in [7, 11) is 0. The molecule has 1 saturated heterocycles. The van der Waals surface area contributed by atoms with Crippen LogP contribution >= 0.6 is 11.3 Å². The molecule has 6 heteroatoms. The van der Waals surface area contributed by atoms with E-state index in [-0.39, 0.29) is 17.9 Å². The second-order valence-electron chi connectivity index (χ2n) is 5.59. The molecule has 2 aromatic heterocycles. The van der Waals surface area contributed by atoms with Gasteiger partial charge in [0.25, 0.3) is 0 Å². The monoisotopic (exact) mass is 316 g/mol.